The molecule has 0 heterocycles. The molecule has 7 aliphatic rings. The van der Waals surface area contributed by atoms with Crippen molar-refractivity contribution in [2.24, 2.45) is 97.1 Å². The van der Waals surface area contributed by atoms with E-state index in [1.807, 2.05) is 0 Å². The van der Waals surface area contributed by atoms with Crippen LogP contribution in [0.5, 0.6) is 0 Å². The minimum absolute atomic E-state index is 0.0137. The Morgan fingerprint density at radius 3 is 0.458 bits per heavy atom. The molecule has 0 aromatic rings. The SMILES string of the molecule is CCC(C)C(COC)(COC)COC(C)(C)C1CC1.CCC(C)C(COC)(COC)COC(C)(C)C1CCC1.CCC(C)C(COC)(COC)COC(C)(C)C1CCCC1.CCC(C)C(COC)(COC)COC1(C)CCCC1.CCC(C)C(COC)(COC)COC1(C)CCCCC1.CCC(C)C(COC)(COC)COC1(C)CCCCCC1.CCC(C)C(COC)(COC)COC1(C)CCCCCCC1. The summed E-state index contributed by atoms with van der Waals surface area (Å²) in [5.74, 6) is 5.76. The first-order chi connectivity index (χ1) is 67.3. The van der Waals surface area contributed by atoms with E-state index in [2.05, 4.69) is 166 Å². The van der Waals surface area contributed by atoms with Gasteiger partial charge in [-0.15, -0.1) is 0 Å². The normalized spacial score (nSPS) is 20.1. The molecule has 0 spiro atoms. The summed E-state index contributed by atoms with van der Waals surface area (Å²) in [7, 11) is 24.8. The van der Waals surface area contributed by atoms with Crippen LogP contribution in [-0.4, -0.2) is 277 Å². The summed E-state index contributed by atoms with van der Waals surface area (Å²) in [6.45, 7) is 68.9. The fraction of sp³-hybridized carbons (Fsp3) is 1.00. The average Bonchev–Trinajstić information content (AvgIpc) is 1.46. The van der Waals surface area contributed by atoms with Gasteiger partial charge in [0, 0.05) is 137 Å². The minimum Gasteiger partial charge on any atom is -0.384 e. The van der Waals surface area contributed by atoms with Crippen LogP contribution in [0.25, 0.3) is 0 Å². The first-order valence-corrected chi connectivity index (χ1v) is 57.6. The molecular formula is C121H242O21. The third-order valence-corrected chi connectivity index (χ3v) is 36.8. The predicted molar refractivity (Wildman–Crippen MR) is 591 cm³/mol. The third kappa shape index (κ3) is 47.6. The maximum absolute atomic E-state index is 6.54. The van der Waals surface area contributed by atoms with Crippen molar-refractivity contribution in [3.05, 3.63) is 0 Å². The zero-order valence-corrected chi connectivity index (χ0v) is 101. The molecule has 0 aromatic carbocycles. The number of methoxy groups -OCH3 is 14. The zero-order chi connectivity index (χ0) is 107. The van der Waals surface area contributed by atoms with E-state index in [1.165, 1.54) is 199 Å². The van der Waals surface area contributed by atoms with Crippen molar-refractivity contribution in [3.63, 3.8) is 0 Å². The second-order valence-electron chi connectivity index (χ2n) is 49.2. The molecule has 852 valence electrons. The van der Waals surface area contributed by atoms with Crippen molar-refractivity contribution in [3.8, 4) is 0 Å². The molecule has 7 atom stereocenters. The van der Waals surface area contributed by atoms with Crippen LogP contribution in [0.15, 0.2) is 0 Å². The molecule has 0 aliphatic heterocycles. The second-order valence-corrected chi connectivity index (χ2v) is 49.2. The highest BCUT2D eigenvalue weighted by Crippen LogP contribution is 2.48. The van der Waals surface area contributed by atoms with Gasteiger partial charge < -0.3 is 99.5 Å². The van der Waals surface area contributed by atoms with E-state index in [0.717, 1.165) is 77.3 Å². The van der Waals surface area contributed by atoms with Gasteiger partial charge in [-0.2, -0.15) is 0 Å². The molecule has 0 aromatic heterocycles. The van der Waals surface area contributed by atoms with Gasteiger partial charge in [-0.3, -0.25) is 0 Å². The van der Waals surface area contributed by atoms with E-state index in [4.69, 9.17) is 99.5 Å². The van der Waals surface area contributed by atoms with Crippen LogP contribution >= 0.6 is 0 Å². The van der Waals surface area contributed by atoms with Crippen molar-refractivity contribution in [1.82, 2.24) is 0 Å². The molecular weight excluding hydrogens is 1790 g/mol. The Kier molecular flexibility index (Phi) is 71.3. The Bertz CT molecular complexity index is 2810. The highest BCUT2D eigenvalue weighted by Gasteiger charge is 2.49. The molecule has 7 rings (SSSR count). The first kappa shape index (κ1) is 139. The lowest BCUT2D eigenvalue weighted by molar-refractivity contribution is -0.150. The molecule has 0 N–H and O–H groups in total. The van der Waals surface area contributed by atoms with Crippen molar-refractivity contribution in [2.45, 2.75) is 449 Å². The molecule has 7 aliphatic carbocycles. The first-order valence-electron chi connectivity index (χ1n) is 57.6. The Morgan fingerprint density at radius 2 is 0.317 bits per heavy atom. The quantitative estimate of drug-likeness (QED) is 0.0521. The molecule has 0 saturated heterocycles. The van der Waals surface area contributed by atoms with Crippen LogP contribution in [0.4, 0.5) is 0 Å². The third-order valence-electron chi connectivity index (χ3n) is 36.8. The lowest BCUT2D eigenvalue weighted by Gasteiger charge is -2.44. The molecule has 0 radical (unpaired) electrons. The second kappa shape index (κ2) is 72.7. The van der Waals surface area contributed by atoms with Crippen molar-refractivity contribution < 1.29 is 99.5 Å². The van der Waals surface area contributed by atoms with Gasteiger partial charge in [-0.1, -0.05) is 251 Å². The molecule has 21 nitrogen and oxygen atoms in total. The Hall–Kier alpha value is -0.840. The standard InChI is InChI=1S/C19H38O3.2C18H36O3.2C17H34O3.2C16H32O3/c1-6-17(2)19(14-20-4,15-21-5)16-22-18(3)12-10-8-7-9-11-13-18;1-7-15(2)18(12-19-5,13-20-6)14-21-17(3,4)16-10-8-9-11-16;1-6-16(2)18(13-19-4,14-20-5)15-21-17(3)11-9-7-8-10-12-17;1-7-14(2)17(11-18-5,12-19-6)13-20-16(3,4)15-9-8-10-15;1-6-15(2)17(12-18-4,13-19-5)14-20-16(3)10-8-7-9-11-16;1-7-13(2)16(10-17-5,11-18-6)12-19-15(3,4)14-8-9-14;1-6-14(2)16(11-17-4,12-18-5)13-19-15(3)9-7-8-10-15/h17H,6-16H2,1-5H3;15-16H,7-14H2,1-6H3;16H,6-15H2,1-5H3;14-15H,7-13H2,1-6H3;15H,6-14H2,1-5H3;13-14H,7-12H2,1-6H3;14H,6-13H2,1-5H3. The number of hydrogen-bond donors (Lipinski definition) is 0. The lowest BCUT2D eigenvalue weighted by Crippen LogP contribution is -2.47. The van der Waals surface area contributed by atoms with Crippen LogP contribution in [-0.2, 0) is 99.5 Å². The number of rotatable bonds is 66. The van der Waals surface area contributed by atoms with Gasteiger partial charge in [0.15, 0.2) is 0 Å². The molecule has 7 fully saturated rings. The average molecular weight is 2030 g/mol. The fourth-order valence-electron chi connectivity index (χ4n) is 23.2. The van der Waals surface area contributed by atoms with Crippen LogP contribution in [0.3, 0.4) is 0 Å². The molecule has 7 saturated carbocycles. The lowest BCUT2D eigenvalue weighted by atomic mass is 9.73. The van der Waals surface area contributed by atoms with E-state index in [0.29, 0.717) is 166 Å². The summed E-state index contributed by atoms with van der Waals surface area (Å²) in [6.07, 6.45) is 47.6. The van der Waals surface area contributed by atoms with E-state index in [1.54, 1.807) is 99.5 Å². The van der Waals surface area contributed by atoms with Crippen molar-refractivity contribution in [2.75, 3.05) is 238 Å². The molecule has 21 heteroatoms. The minimum atomic E-state index is -0.0475. The smallest absolute Gasteiger partial charge is 0.0654 e. The van der Waals surface area contributed by atoms with Gasteiger partial charge in [0.25, 0.3) is 0 Å². The predicted octanol–water partition coefficient (Wildman–Crippen LogP) is 28.7. The summed E-state index contributed by atoms with van der Waals surface area (Å²) in [6, 6.07) is 0. The van der Waals surface area contributed by atoms with E-state index in [-0.39, 0.29) is 77.1 Å². The van der Waals surface area contributed by atoms with Gasteiger partial charge in [-0.25, -0.2) is 0 Å². The number of hydrogen-bond acceptors (Lipinski definition) is 21. The zero-order valence-electron chi connectivity index (χ0n) is 101. The Balaban J connectivity index is 0.000000829. The van der Waals surface area contributed by atoms with Gasteiger partial charge >= 0.3 is 0 Å². The van der Waals surface area contributed by atoms with Gasteiger partial charge in [0.05, 0.1) is 178 Å². The Labute approximate surface area is 879 Å². The highest BCUT2D eigenvalue weighted by molar-refractivity contribution is 4.97. The Morgan fingerprint density at radius 1 is 0.183 bits per heavy atom. The molecule has 7 unspecified atom stereocenters. The summed E-state index contributed by atoms with van der Waals surface area (Å²) in [5.41, 5.74) is -0.150. The van der Waals surface area contributed by atoms with Crippen LogP contribution in [0.1, 0.15) is 410 Å². The monoisotopic (exact) mass is 2030 g/mol. The summed E-state index contributed by atoms with van der Waals surface area (Å²) in [5, 5.41) is 0. The van der Waals surface area contributed by atoms with Gasteiger partial charge in [-0.05, 0) is 218 Å². The van der Waals surface area contributed by atoms with E-state index in [9.17, 15) is 0 Å². The van der Waals surface area contributed by atoms with E-state index < -0.39 is 0 Å². The largest absolute Gasteiger partial charge is 0.384 e. The highest BCUT2D eigenvalue weighted by atomic mass is 16.6. The van der Waals surface area contributed by atoms with Crippen LogP contribution in [0, 0.1) is 97.1 Å². The fourth-order valence-corrected chi connectivity index (χ4v) is 23.2. The maximum Gasteiger partial charge on any atom is 0.0654 e. The summed E-state index contributed by atoms with van der Waals surface area (Å²) in [4.78, 5) is 0. The molecule has 0 amide bonds. The van der Waals surface area contributed by atoms with Crippen LogP contribution in [0.2, 0.25) is 0 Å². The molecule has 0 bridgehead atoms. The van der Waals surface area contributed by atoms with Gasteiger partial charge in [0.2, 0.25) is 0 Å². The van der Waals surface area contributed by atoms with Crippen molar-refractivity contribution >= 4 is 0 Å². The summed E-state index contributed by atoms with van der Waals surface area (Å²) < 4.78 is 122. The topological polar surface area (TPSA) is 194 Å². The van der Waals surface area contributed by atoms with Crippen LogP contribution < -0.4 is 0 Å². The van der Waals surface area contributed by atoms with Crippen molar-refractivity contribution in [1.29, 1.82) is 0 Å². The number of ether oxygens (including phenoxy) is 21. The van der Waals surface area contributed by atoms with Gasteiger partial charge in [0.1, 0.15) is 0 Å². The summed E-state index contributed by atoms with van der Waals surface area (Å²) >= 11 is 0. The van der Waals surface area contributed by atoms with E-state index >= 15 is 0 Å². The maximum atomic E-state index is 6.54. The molecule has 142 heavy (non-hydrogen) atoms.